The van der Waals surface area contributed by atoms with Crippen LogP contribution in [0.5, 0.6) is 0 Å². The van der Waals surface area contributed by atoms with Crippen LogP contribution >= 0.6 is 38.5 Å². The minimum Gasteiger partial charge on any atom is -0.0812 e. The molecule has 0 amide bonds. The normalized spacial score (nSPS) is 12.9. The Balaban J connectivity index is 3.05. The molecule has 0 saturated heterocycles. The van der Waals surface area contributed by atoms with E-state index in [0.29, 0.717) is 5.92 Å². The van der Waals surface area contributed by atoms with Crippen LogP contribution < -0.4 is 0 Å². The zero-order valence-corrected chi connectivity index (χ0v) is 11.7. The second kappa shape index (κ2) is 5.35. The molecular weight excluding hydrogens is 339 g/mol. The molecule has 0 saturated carbocycles. The molecule has 0 fully saturated rings. The Morgan fingerprint density at radius 1 is 1.46 bits per heavy atom. The van der Waals surface area contributed by atoms with Gasteiger partial charge in [-0.15, -0.1) is 0 Å². The van der Waals surface area contributed by atoms with Gasteiger partial charge in [0.1, 0.15) is 0 Å². The second-order valence-electron chi connectivity index (χ2n) is 3.29. The van der Waals surface area contributed by atoms with E-state index in [4.69, 9.17) is 0 Å². The van der Waals surface area contributed by atoms with Crippen molar-refractivity contribution in [2.24, 2.45) is 0 Å². The summed E-state index contributed by atoms with van der Waals surface area (Å²) in [6.07, 6.45) is 1.21. The zero-order valence-electron chi connectivity index (χ0n) is 7.98. The number of hydrogen-bond donors (Lipinski definition) is 0. The minimum absolute atomic E-state index is 0.679. The fraction of sp³-hybridized carbons (Fsp3) is 0.455. The van der Waals surface area contributed by atoms with Gasteiger partial charge in [-0.3, -0.25) is 0 Å². The van der Waals surface area contributed by atoms with Crippen molar-refractivity contribution in [2.45, 2.75) is 30.6 Å². The van der Waals surface area contributed by atoms with Crippen molar-refractivity contribution < 1.29 is 0 Å². The third-order valence-electron chi connectivity index (χ3n) is 2.39. The first-order valence-corrected chi connectivity index (χ1v) is 6.85. The molecule has 1 aromatic rings. The second-order valence-corrected chi connectivity index (χ2v) is 4.96. The molecule has 1 rings (SSSR count). The van der Waals surface area contributed by atoms with Gasteiger partial charge in [0.2, 0.25) is 0 Å². The molecule has 1 atom stereocenters. The van der Waals surface area contributed by atoms with E-state index in [0.717, 1.165) is 4.43 Å². The van der Waals surface area contributed by atoms with Crippen LogP contribution in [0.2, 0.25) is 0 Å². The topological polar surface area (TPSA) is 0 Å². The SMILES string of the molecule is CCC(C)c1ccc(Br)cc1CI. The lowest BCUT2D eigenvalue weighted by Gasteiger charge is -2.13. The monoisotopic (exact) mass is 352 g/mol. The highest BCUT2D eigenvalue weighted by atomic mass is 127. The van der Waals surface area contributed by atoms with Crippen LogP contribution in [-0.2, 0) is 4.43 Å². The summed E-state index contributed by atoms with van der Waals surface area (Å²) < 4.78 is 2.28. The molecule has 0 aliphatic rings. The average Bonchev–Trinajstić information content (AvgIpc) is 2.16. The highest BCUT2D eigenvalue weighted by Crippen LogP contribution is 2.27. The van der Waals surface area contributed by atoms with E-state index in [-0.39, 0.29) is 0 Å². The standard InChI is InChI=1S/C11H14BrI/c1-3-8(2)11-5-4-10(12)6-9(11)7-13/h4-6,8H,3,7H2,1-2H3. The summed E-state index contributed by atoms with van der Waals surface area (Å²) in [7, 11) is 0. The summed E-state index contributed by atoms with van der Waals surface area (Å²) in [5.41, 5.74) is 2.96. The van der Waals surface area contributed by atoms with Crippen LogP contribution in [0.4, 0.5) is 0 Å². The molecule has 0 aliphatic heterocycles. The third-order valence-corrected chi connectivity index (χ3v) is 3.71. The predicted octanol–water partition coefficient (Wildman–Crippen LogP) is 4.90. The predicted molar refractivity (Wildman–Crippen MR) is 70.6 cm³/mol. The van der Waals surface area contributed by atoms with Gasteiger partial charge in [-0.25, -0.2) is 0 Å². The highest BCUT2D eigenvalue weighted by Gasteiger charge is 2.07. The molecule has 0 heterocycles. The third kappa shape index (κ3) is 2.94. The summed E-state index contributed by atoms with van der Waals surface area (Å²) >= 11 is 5.93. The van der Waals surface area contributed by atoms with Gasteiger partial charge in [0.25, 0.3) is 0 Å². The van der Waals surface area contributed by atoms with Crippen molar-refractivity contribution in [2.75, 3.05) is 0 Å². The molecule has 72 valence electrons. The van der Waals surface area contributed by atoms with Gasteiger partial charge >= 0.3 is 0 Å². The summed E-state index contributed by atoms with van der Waals surface area (Å²) in [6, 6.07) is 6.61. The molecule has 13 heavy (non-hydrogen) atoms. The largest absolute Gasteiger partial charge is 0.0812 e. The van der Waals surface area contributed by atoms with Crippen LogP contribution in [0.25, 0.3) is 0 Å². The number of benzene rings is 1. The Labute approximate surface area is 102 Å². The Hall–Kier alpha value is 0.430. The van der Waals surface area contributed by atoms with E-state index in [1.165, 1.54) is 22.0 Å². The van der Waals surface area contributed by atoms with Gasteiger partial charge in [0.05, 0.1) is 0 Å². The molecule has 0 nitrogen and oxygen atoms in total. The summed E-state index contributed by atoms with van der Waals surface area (Å²) in [5, 5.41) is 0. The van der Waals surface area contributed by atoms with Gasteiger partial charge in [-0.05, 0) is 35.6 Å². The van der Waals surface area contributed by atoms with Crippen LogP contribution in [-0.4, -0.2) is 0 Å². The van der Waals surface area contributed by atoms with E-state index in [9.17, 15) is 0 Å². The molecule has 0 radical (unpaired) electrons. The molecule has 0 bridgehead atoms. The maximum absolute atomic E-state index is 3.50. The first-order valence-electron chi connectivity index (χ1n) is 4.53. The minimum atomic E-state index is 0.679. The molecule has 0 aromatic heterocycles. The van der Waals surface area contributed by atoms with Gasteiger partial charge < -0.3 is 0 Å². The lowest BCUT2D eigenvalue weighted by molar-refractivity contribution is 0.728. The van der Waals surface area contributed by atoms with Gasteiger partial charge in [0.15, 0.2) is 0 Å². The first-order chi connectivity index (χ1) is 6.19. The highest BCUT2D eigenvalue weighted by molar-refractivity contribution is 14.1. The number of rotatable bonds is 3. The molecule has 1 unspecified atom stereocenters. The lowest BCUT2D eigenvalue weighted by Crippen LogP contribution is -1.96. The van der Waals surface area contributed by atoms with E-state index in [2.05, 4.69) is 70.6 Å². The summed E-state index contributed by atoms with van der Waals surface area (Å²) in [4.78, 5) is 0. The van der Waals surface area contributed by atoms with Crippen LogP contribution in [0.1, 0.15) is 37.3 Å². The fourth-order valence-electron chi connectivity index (χ4n) is 1.39. The van der Waals surface area contributed by atoms with Gasteiger partial charge in [0, 0.05) is 8.90 Å². The quantitative estimate of drug-likeness (QED) is 0.536. The molecule has 0 spiro atoms. The molecule has 1 aromatic carbocycles. The van der Waals surface area contributed by atoms with Gasteiger partial charge in [-0.2, -0.15) is 0 Å². The van der Waals surface area contributed by atoms with Gasteiger partial charge in [-0.1, -0.05) is 58.4 Å². The summed E-state index contributed by atoms with van der Waals surface area (Å²) in [6.45, 7) is 4.53. The Morgan fingerprint density at radius 3 is 2.69 bits per heavy atom. The van der Waals surface area contributed by atoms with Crippen LogP contribution in [0.15, 0.2) is 22.7 Å². The van der Waals surface area contributed by atoms with E-state index in [1.54, 1.807) is 0 Å². The molecular formula is C11H14BrI. The van der Waals surface area contributed by atoms with Crippen molar-refractivity contribution in [3.8, 4) is 0 Å². The molecule has 0 aliphatic carbocycles. The van der Waals surface area contributed by atoms with E-state index in [1.807, 2.05) is 0 Å². The van der Waals surface area contributed by atoms with Crippen LogP contribution in [0.3, 0.4) is 0 Å². The Bertz CT molecular complexity index is 283. The zero-order chi connectivity index (χ0) is 9.84. The number of alkyl halides is 1. The smallest absolute Gasteiger partial charge is 0.0250 e. The lowest BCUT2D eigenvalue weighted by atomic mass is 9.95. The molecule has 2 heteroatoms. The fourth-order valence-corrected chi connectivity index (χ4v) is 2.46. The van der Waals surface area contributed by atoms with E-state index < -0.39 is 0 Å². The Kier molecular flexibility index (Phi) is 4.73. The van der Waals surface area contributed by atoms with E-state index >= 15 is 0 Å². The van der Waals surface area contributed by atoms with Crippen molar-refractivity contribution in [3.05, 3.63) is 33.8 Å². The Morgan fingerprint density at radius 2 is 2.15 bits per heavy atom. The summed E-state index contributed by atoms with van der Waals surface area (Å²) in [5.74, 6) is 0.679. The van der Waals surface area contributed by atoms with Crippen molar-refractivity contribution >= 4 is 38.5 Å². The maximum Gasteiger partial charge on any atom is 0.0250 e. The first kappa shape index (κ1) is 11.5. The van der Waals surface area contributed by atoms with Crippen LogP contribution in [0, 0.1) is 0 Å². The number of hydrogen-bond acceptors (Lipinski definition) is 0. The van der Waals surface area contributed by atoms with Crippen molar-refractivity contribution in [1.82, 2.24) is 0 Å². The average molecular weight is 353 g/mol. The molecule has 0 N–H and O–H groups in total. The van der Waals surface area contributed by atoms with Crippen molar-refractivity contribution in [1.29, 1.82) is 0 Å². The number of halogens is 2. The maximum atomic E-state index is 3.50. The van der Waals surface area contributed by atoms with Crippen molar-refractivity contribution in [3.63, 3.8) is 0 Å².